The lowest BCUT2D eigenvalue weighted by Crippen LogP contribution is -2.51. The van der Waals surface area contributed by atoms with E-state index in [1.54, 1.807) is 6.92 Å². The van der Waals surface area contributed by atoms with Crippen molar-refractivity contribution >= 4 is 5.91 Å². The summed E-state index contributed by atoms with van der Waals surface area (Å²) in [5, 5.41) is 0. The third kappa shape index (κ3) is 4.91. The normalized spacial score (nSPS) is 23.6. The first kappa shape index (κ1) is 14.2. The smallest absolute Gasteiger partial charge is 0.373 e. The molecule has 1 aliphatic heterocycles. The highest BCUT2D eigenvalue weighted by Crippen LogP contribution is 2.22. The van der Waals surface area contributed by atoms with Crippen molar-refractivity contribution in [3.8, 4) is 0 Å². The lowest BCUT2D eigenvalue weighted by Gasteiger charge is -2.34. The van der Waals surface area contributed by atoms with Gasteiger partial charge in [-0.3, -0.25) is 4.79 Å². The molecular formula is C10H17F3N2O2. The van der Waals surface area contributed by atoms with Crippen LogP contribution in [0.15, 0.2) is 0 Å². The molecule has 1 saturated heterocycles. The summed E-state index contributed by atoms with van der Waals surface area (Å²) < 4.78 is 41.2. The molecule has 0 spiro atoms. The fourth-order valence-corrected chi connectivity index (χ4v) is 1.63. The third-order valence-electron chi connectivity index (χ3n) is 2.65. The fraction of sp³-hybridized carbons (Fsp3) is 0.900. The number of hydrogen-bond acceptors (Lipinski definition) is 3. The van der Waals surface area contributed by atoms with Gasteiger partial charge in [-0.25, -0.2) is 0 Å². The Kier molecular flexibility index (Phi) is 4.76. The summed E-state index contributed by atoms with van der Waals surface area (Å²) in [6, 6.07) is -0.242. The van der Waals surface area contributed by atoms with Crippen LogP contribution in [0.3, 0.4) is 0 Å². The van der Waals surface area contributed by atoms with E-state index in [1.165, 1.54) is 4.90 Å². The molecule has 1 aliphatic rings. The van der Waals surface area contributed by atoms with Crippen LogP contribution >= 0.6 is 0 Å². The maximum absolute atomic E-state index is 12.0. The minimum absolute atomic E-state index is 0.242. The summed E-state index contributed by atoms with van der Waals surface area (Å²) in [5.74, 6) is -0.490. The number of amides is 1. The highest BCUT2D eigenvalue weighted by Gasteiger charge is 2.31. The summed E-state index contributed by atoms with van der Waals surface area (Å²) >= 11 is 0. The van der Waals surface area contributed by atoms with Crippen molar-refractivity contribution in [3.05, 3.63) is 0 Å². The summed E-state index contributed by atoms with van der Waals surface area (Å²) in [6.45, 7) is 2.67. The molecule has 1 rings (SSSR count). The van der Waals surface area contributed by atoms with Crippen LogP contribution in [0.25, 0.3) is 0 Å². The minimum Gasteiger partial charge on any atom is -0.373 e. The lowest BCUT2D eigenvalue weighted by atomic mass is 10.1. The van der Waals surface area contributed by atoms with Crippen molar-refractivity contribution < 1.29 is 22.7 Å². The molecule has 0 bridgehead atoms. The van der Waals surface area contributed by atoms with E-state index in [9.17, 15) is 18.0 Å². The van der Waals surface area contributed by atoms with Gasteiger partial charge in [0.15, 0.2) is 0 Å². The Bertz CT molecular complexity index is 269. The molecule has 0 aromatic heterocycles. The second kappa shape index (κ2) is 5.68. The maximum atomic E-state index is 12.0. The Balaban J connectivity index is 2.41. The number of hydrogen-bond donors (Lipinski definition) is 1. The lowest BCUT2D eigenvalue weighted by molar-refractivity contribution is -0.153. The molecule has 2 N–H and O–H groups in total. The van der Waals surface area contributed by atoms with Crippen LogP contribution in [-0.2, 0) is 9.53 Å². The highest BCUT2D eigenvalue weighted by molar-refractivity contribution is 5.76. The van der Waals surface area contributed by atoms with Crippen LogP contribution in [0, 0.1) is 0 Å². The summed E-state index contributed by atoms with van der Waals surface area (Å²) in [4.78, 5) is 12.9. The number of nitrogens with zero attached hydrogens (tertiary/aromatic N) is 1. The quantitative estimate of drug-likeness (QED) is 0.814. The topological polar surface area (TPSA) is 55.6 Å². The number of halogens is 3. The summed E-state index contributed by atoms with van der Waals surface area (Å²) in [5.41, 5.74) is 5.63. The molecule has 1 fully saturated rings. The van der Waals surface area contributed by atoms with Gasteiger partial charge in [0, 0.05) is 25.6 Å². The van der Waals surface area contributed by atoms with Gasteiger partial charge in [0.05, 0.1) is 19.1 Å². The molecule has 1 heterocycles. The third-order valence-corrected chi connectivity index (χ3v) is 2.65. The van der Waals surface area contributed by atoms with Gasteiger partial charge in [-0.1, -0.05) is 0 Å². The number of carbonyl (C=O) groups excluding carboxylic acids is 1. The van der Waals surface area contributed by atoms with Gasteiger partial charge >= 0.3 is 6.18 Å². The van der Waals surface area contributed by atoms with E-state index in [0.29, 0.717) is 13.2 Å². The first-order chi connectivity index (χ1) is 7.79. The maximum Gasteiger partial charge on any atom is 0.389 e. The molecule has 7 heteroatoms. The molecule has 0 saturated carbocycles. The average molecular weight is 254 g/mol. The van der Waals surface area contributed by atoms with Gasteiger partial charge in [0.2, 0.25) is 5.91 Å². The Morgan fingerprint density at radius 3 is 2.76 bits per heavy atom. The van der Waals surface area contributed by atoms with E-state index in [2.05, 4.69) is 0 Å². The van der Waals surface area contributed by atoms with Crippen molar-refractivity contribution in [3.63, 3.8) is 0 Å². The highest BCUT2D eigenvalue weighted by atomic mass is 19.4. The predicted molar refractivity (Wildman–Crippen MR) is 55.3 cm³/mol. The van der Waals surface area contributed by atoms with Crippen LogP contribution in [0.1, 0.15) is 19.8 Å². The van der Waals surface area contributed by atoms with E-state index < -0.39 is 24.9 Å². The Labute approximate surface area is 97.9 Å². The summed E-state index contributed by atoms with van der Waals surface area (Å²) in [7, 11) is 0. The minimum atomic E-state index is -4.29. The predicted octanol–water partition coefficient (Wildman–Crippen LogP) is 0.903. The van der Waals surface area contributed by atoms with Gasteiger partial charge in [-0.2, -0.15) is 13.2 Å². The number of carbonyl (C=O) groups is 1. The molecule has 0 aromatic rings. The van der Waals surface area contributed by atoms with E-state index in [4.69, 9.17) is 10.5 Å². The first-order valence-corrected chi connectivity index (χ1v) is 5.51. The van der Waals surface area contributed by atoms with Gasteiger partial charge < -0.3 is 15.4 Å². The van der Waals surface area contributed by atoms with Gasteiger partial charge in [-0.05, 0) is 6.92 Å². The molecule has 0 aromatic carbocycles. The summed E-state index contributed by atoms with van der Waals surface area (Å²) in [6.07, 6.45) is -6.16. The van der Waals surface area contributed by atoms with E-state index in [1.807, 2.05) is 0 Å². The number of ether oxygens (including phenoxy) is 1. The van der Waals surface area contributed by atoms with Crippen molar-refractivity contribution in [2.24, 2.45) is 5.73 Å². The largest absolute Gasteiger partial charge is 0.389 e. The van der Waals surface area contributed by atoms with Crippen LogP contribution in [-0.4, -0.2) is 48.8 Å². The zero-order valence-corrected chi connectivity index (χ0v) is 9.67. The van der Waals surface area contributed by atoms with Crippen LogP contribution < -0.4 is 5.73 Å². The second-order valence-electron chi connectivity index (χ2n) is 4.22. The molecule has 0 radical (unpaired) electrons. The first-order valence-electron chi connectivity index (χ1n) is 5.51. The number of rotatable bonds is 3. The van der Waals surface area contributed by atoms with Crippen molar-refractivity contribution in [2.75, 3.05) is 19.7 Å². The van der Waals surface area contributed by atoms with Crippen LogP contribution in [0.4, 0.5) is 13.2 Å². The van der Waals surface area contributed by atoms with E-state index in [-0.39, 0.29) is 18.7 Å². The second-order valence-corrected chi connectivity index (χ2v) is 4.22. The molecule has 4 nitrogen and oxygen atoms in total. The fourth-order valence-electron chi connectivity index (χ4n) is 1.63. The van der Waals surface area contributed by atoms with Crippen LogP contribution in [0.5, 0.6) is 0 Å². The Morgan fingerprint density at radius 2 is 2.24 bits per heavy atom. The molecule has 0 aliphatic carbocycles. The van der Waals surface area contributed by atoms with Gasteiger partial charge in [-0.15, -0.1) is 0 Å². The molecule has 2 atom stereocenters. The monoisotopic (exact) mass is 254 g/mol. The van der Waals surface area contributed by atoms with Crippen molar-refractivity contribution in [1.82, 2.24) is 4.90 Å². The van der Waals surface area contributed by atoms with E-state index in [0.717, 1.165) is 0 Å². The van der Waals surface area contributed by atoms with Crippen molar-refractivity contribution in [1.29, 1.82) is 0 Å². The van der Waals surface area contributed by atoms with Gasteiger partial charge in [0.25, 0.3) is 0 Å². The number of morpholine rings is 1. The molecule has 100 valence electrons. The van der Waals surface area contributed by atoms with Crippen molar-refractivity contribution in [2.45, 2.75) is 38.1 Å². The Morgan fingerprint density at radius 1 is 1.59 bits per heavy atom. The van der Waals surface area contributed by atoms with Gasteiger partial charge in [0.1, 0.15) is 0 Å². The number of nitrogens with two attached hydrogens (primary N) is 1. The average Bonchev–Trinajstić information content (AvgIpc) is 2.25. The molecular weight excluding hydrogens is 237 g/mol. The van der Waals surface area contributed by atoms with E-state index >= 15 is 0 Å². The van der Waals surface area contributed by atoms with Crippen LogP contribution in [0.2, 0.25) is 0 Å². The SMILES string of the molecule is C[C@@H](N)[C@H]1CN(C(=O)CCC(F)(F)F)CCO1. The standard InChI is InChI=1S/C10H17F3N2O2/c1-7(14)8-6-15(4-5-17-8)9(16)2-3-10(11,12)13/h7-8H,2-6,14H2,1H3/t7-,8-/m1/s1. The zero-order chi connectivity index (χ0) is 13.1. The molecule has 0 unspecified atom stereocenters. The number of alkyl halides is 3. The molecule has 1 amide bonds. The molecule has 17 heavy (non-hydrogen) atoms. The Hall–Kier alpha value is -0.820. The zero-order valence-electron chi connectivity index (χ0n) is 9.67.